The average Bonchev–Trinajstić information content (AvgIpc) is 0.729. The summed E-state index contributed by atoms with van der Waals surface area (Å²) in [5.74, 6) is -5.76. The van der Waals surface area contributed by atoms with E-state index in [2.05, 4.69) is 39.9 Å². The third kappa shape index (κ3) is 16.5. The van der Waals surface area contributed by atoms with Gasteiger partial charge in [0.2, 0.25) is 28.4 Å². The second-order valence-electron chi connectivity index (χ2n) is 38.0. The number of hydrogen-bond donors (Lipinski definition) is 2. The van der Waals surface area contributed by atoms with Gasteiger partial charge in [0.05, 0.1) is 57.4 Å². The highest BCUT2D eigenvalue weighted by Gasteiger charge is 2.54. The molecule has 10 aromatic rings. The highest BCUT2D eigenvalue weighted by Crippen LogP contribution is 2.57. The first-order valence-electron chi connectivity index (χ1n) is 47.2. The molecule has 30 heteroatoms. The summed E-state index contributed by atoms with van der Waals surface area (Å²) in [4.78, 5) is 214. The Kier molecular flexibility index (Phi) is 24.6. The molecule has 3 aromatic heterocycles. The van der Waals surface area contributed by atoms with Gasteiger partial charge in [-0.05, 0) is 151 Å². The number of allylic oxidation sites excluding steroid dienone is 20. The van der Waals surface area contributed by atoms with Crippen LogP contribution in [-0.4, -0.2) is 117 Å². The molecule has 718 valence electrons. The summed E-state index contributed by atoms with van der Waals surface area (Å²) in [6.07, 6.45) is 13.7. The van der Waals surface area contributed by atoms with Gasteiger partial charge in [0, 0.05) is 201 Å². The summed E-state index contributed by atoms with van der Waals surface area (Å²) in [6, 6.07) is 52.5. The number of carbonyl (C=O) groups is 15. The second kappa shape index (κ2) is 37.7. The summed E-state index contributed by atoms with van der Waals surface area (Å²) in [6.45, 7) is 4.14. The van der Waals surface area contributed by atoms with E-state index in [0.717, 1.165) is 12.0 Å². The molecule has 7 aromatic carbocycles. The number of pyridine rings is 2. The van der Waals surface area contributed by atoms with Crippen LogP contribution in [0.3, 0.4) is 0 Å². The van der Waals surface area contributed by atoms with Gasteiger partial charge in [-0.25, -0.2) is 19.9 Å². The first-order chi connectivity index (χ1) is 70.4. The lowest BCUT2D eigenvalue weighted by atomic mass is 9.61. The molecule has 5 unspecified atom stereocenters. The Morgan fingerprint density at radius 3 is 0.959 bits per heavy atom. The number of nitriles is 2. The molecule has 0 bridgehead atoms. The van der Waals surface area contributed by atoms with Gasteiger partial charge in [-0.2, -0.15) is 10.5 Å². The molecule has 0 saturated carbocycles. The van der Waals surface area contributed by atoms with Crippen molar-refractivity contribution < 1.29 is 101 Å². The highest BCUT2D eigenvalue weighted by molar-refractivity contribution is 6.34. The van der Waals surface area contributed by atoms with Gasteiger partial charge < -0.3 is 29.2 Å². The van der Waals surface area contributed by atoms with E-state index in [0.29, 0.717) is 235 Å². The van der Waals surface area contributed by atoms with Crippen LogP contribution in [0, 0.1) is 28.1 Å². The number of hydrogen-bond acceptors (Lipinski definition) is 27. The predicted molar refractivity (Wildman–Crippen MR) is 523 cm³/mol. The smallest absolute Gasteiger partial charge is 0.229 e. The summed E-state index contributed by atoms with van der Waals surface area (Å²) in [7, 11) is 0. The maximum atomic E-state index is 13.6. The summed E-state index contributed by atoms with van der Waals surface area (Å²) in [5.41, 5.74) is 11.4. The largest absolute Gasteiger partial charge is 0.508 e. The number of aromatic nitrogens is 4. The first kappa shape index (κ1) is 95.2. The minimum Gasteiger partial charge on any atom is -0.508 e. The normalized spacial score (nSPS) is 21.1. The molecule has 11 aliphatic carbocycles. The number of phenolic OH excluding ortho intramolecular Hbond substituents is 2. The molecule has 7 heterocycles. The van der Waals surface area contributed by atoms with Crippen LogP contribution >= 0.6 is 34.8 Å². The van der Waals surface area contributed by atoms with E-state index >= 15 is 0 Å². The number of carbonyl (C=O) groups excluding carboxylic acids is 15. The van der Waals surface area contributed by atoms with Crippen molar-refractivity contribution in [3.63, 3.8) is 0 Å². The third-order valence-electron chi connectivity index (χ3n) is 28.6. The molecule has 5 atom stereocenters. The topological polar surface area (TPSA) is 433 Å². The van der Waals surface area contributed by atoms with Gasteiger partial charge >= 0.3 is 0 Å². The third-order valence-corrected chi connectivity index (χ3v) is 29.2. The molecule has 27 nitrogen and oxygen atoms in total. The maximum absolute atomic E-state index is 13.6. The van der Waals surface area contributed by atoms with E-state index < -0.39 is 52.7 Å². The lowest BCUT2D eigenvalue weighted by Gasteiger charge is -2.40. The SMILES string of the molecule is CC1(C)CC(=O)C2=C(CC3=C(C(=O)c4ccccc4C3=O)C2c2ccc(Cl)nc2)C1.N#Cc1ccc(C2C3=C(CCCC3=O)OC3=C2C(=O)c2cc(O)ccc2C3=O)cc1.N#Cc1ccc(C2C3=C(CCCC3=O)OC3=C2C(=O)c2ccc(O)cc2C3=O)cc1.O=C1CCCC2=C1C(c1ccc(Cl)nc1)C1=C(O2)C(=O)c2ccccc2C1=O.O=C1CCCC2=C1C(c1cnc(Cl)nc1)C1=C(O2)C(=O)c2ccccc2C1=O. The lowest BCUT2D eigenvalue weighted by Crippen LogP contribution is -2.36. The number of nitrogens with zero attached hydrogens (tertiary/aromatic N) is 6. The van der Waals surface area contributed by atoms with Crippen molar-refractivity contribution in [3.05, 3.63) is 430 Å². The minimum atomic E-state index is -0.753. The molecule has 25 rings (SSSR count). The second-order valence-corrected chi connectivity index (χ2v) is 39.1. The van der Waals surface area contributed by atoms with Crippen molar-refractivity contribution in [1.82, 2.24) is 19.9 Å². The molecule has 4 aliphatic heterocycles. The summed E-state index contributed by atoms with van der Waals surface area (Å²) >= 11 is 17.7. The van der Waals surface area contributed by atoms with E-state index in [4.69, 9.17) is 64.3 Å². The van der Waals surface area contributed by atoms with Crippen LogP contribution in [0.2, 0.25) is 15.6 Å². The standard InChI is InChI=1S/C25H20ClNO3.2C24H15NO5.C22H14ClNO4.C21H13ClN2O4/c1-25(2)10-14-9-17-22(24(30)16-6-4-3-5-15(16)23(17)29)21(20(14)18(28)11-25)13-7-8-19(26)27-12-13;25-11-12-4-6-13(7-5-12)19-20-17(27)2-1-3-18(20)30-24-21(19)22(28)16-10-14(26)8-9-15(16)23(24)29;25-11-12-4-6-13(7-5-12)19-20-17(27)2-1-3-18(20)30-24-21(19)22(28)15-9-8-14(26)10-16(15)23(24)29;23-16-9-8-11(10-24-16)17-18-14(25)6-3-7-15(18)28-22-19(17)20(26)12-4-1-2-5-13(12)21(22)27;22-21-23-8-10(9-24-21)15-16-13(25)6-3-7-14(16)28-20-17(15)18(26)11-4-1-2-5-12(11)19(20)27/h3-8,12,21H,9-11H2,1-2H3;2*4-10,19,26H,1-3H2;1-2,4-5,8-10,17H,3,6-7H2;1-2,4-5,8-9,15H,3,6-7H2. The molecule has 146 heavy (non-hydrogen) atoms. The van der Waals surface area contributed by atoms with E-state index in [9.17, 15) is 82.1 Å². The van der Waals surface area contributed by atoms with Crippen molar-refractivity contribution in [2.45, 2.75) is 140 Å². The molecule has 0 saturated heterocycles. The fourth-order valence-corrected chi connectivity index (χ4v) is 22.5. The van der Waals surface area contributed by atoms with Gasteiger partial charge in [0.1, 0.15) is 44.8 Å². The van der Waals surface area contributed by atoms with Gasteiger partial charge in [-0.3, -0.25) is 71.9 Å². The first-order valence-corrected chi connectivity index (χ1v) is 48.3. The number of aromatic hydroxyl groups is 2. The molecule has 2 N–H and O–H groups in total. The van der Waals surface area contributed by atoms with Crippen LogP contribution in [0.4, 0.5) is 0 Å². The monoisotopic (exact) mass is 1990 g/mol. The zero-order valence-electron chi connectivity index (χ0n) is 77.6. The molecular weight excluding hydrogens is 1920 g/mol. The number of fused-ring (bicyclic) bond motifs is 5. The fourth-order valence-electron chi connectivity index (χ4n) is 22.2. The molecule has 0 radical (unpaired) electrons. The number of ether oxygens (including phenoxy) is 4. The van der Waals surface area contributed by atoms with E-state index in [-0.39, 0.29) is 153 Å². The van der Waals surface area contributed by atoms with Crippen LogP contribution in [0.15, 0.2) is 320 Å². The zero-order chi connectivity index (χ0) is 102. The van der Waals surface area contributed by atoms with Crippen LogP contribution < -0.4 is 0 Å². The summed E-state index contributed by atoms with van der Waals surface area (Å²) < 4.78 is 23.5. The lowest BCUT2D eigenvalue weighted by molar-refractivity contribution is -0.119. The number of phenols is 2. The van der Waals surface area contributed by atoms with Crippen molar-refractivity contribution in [3.8, 4) is 23.6 Å². The Morgan fingerprint density at radius 1 is 0.301 bits per heavy atom. The van der Waals surface area contributed by atoms with E-state index in [1.54, 1.807) is 158 Å². The van der Waals surface area contributed by atoms with Crippen LogP contribution in [0.5, 0.6) is 11.5 Å². The molecule has 0 amide bonds. The minimum absolute atomic E-state index is 0.00269. The number of benzene rings is 7. The van der Waals surface area contributed by atoms with Gasteiger partial charge in [0.25, 0.3) is 0 Å². The van der Waals surface area contributed by atoms with Crippen LogP contribution in [-0.2, 0) is 42.9 Å². The Hall–Kier alpha value is -17.0. The Bertz CT molecular complexity index is 8000. The van der Waals surface area contributed by atoms with Crippen molar-refractivity contribution in [1.29, 1.82) is 10.5 Å². The summed E-state index contributed by atoms with van der Waals surface area (Å²) in [5, 5.41) is 38.6. The Morgan fingerprint density at radius 2 is 0.596 bits per heavy atom. The Balaban J connectivity index is 0.000000107. The number of ketones is 15. The molecule has 0 fully saturated rings. The predicted octanol–water partition coefficient (Wildman–Crippen LogP) is 20.5. The van der Waals surface area contributed by atoms with E-state index in [1.807, 2.05) is 6.07 Å². The molecule has 15 aliphatic rings. The van der Waals surface area contributed by atoms with Gasteiger partial charge in [-0.15, -0.1) is 0 Å². The van der Waals surface area contributed by atoms with Crippen molar-refractivity contribution in [2.24, 2.45) is 5.41 Å². The van der Waals surface area contributed by atoms with Crippen LogP contribution in [0.1, 0.15) is 282 Å². The highest BCUT2D eigenvalue weighted by atomic mass is 35.5. The van der Waals surface area contributed by atoms with Gasteiger partial charge in [-0.1, -0.05) is 152 Å². The fraction of sp³-hybridized carbons (Fsp3) is 0.198. The molecular formula is C116H77Cl3N6O21. The number of rotatable bonds is 5. The van der Waals surface area contributed by atoms with Crippen molar-refractivity contribution in [2.75, 3.05) is 0 Å². The maximum Gasteiger partial charge on any atom is 0.229 e. The van der Waals surface area contributed by atoms with Gasteiger partial charge in [0.15, 0.2) is 86.7 Å². The number of halogens is 3. The Labute approximate surface area is 846 Å². The van der Waals surface area contributed by atoms with E-state index in [1.165, 1.54) is 48.8 Å². The zero-order valence-corrected chi connectivity index (χ0v) is 79.9. The molecule has 0 spiro atoms. The average molecular weight is 2000 g/mol. The quantitative estimate of drug-likeness (QED) is 0.119. The van der Waals surface area contributed by atoms with Crippen LogP contribution in [0.25, 0.3) is 0 Å². The number of Topliss-reactive ketones (excluding diaryl/α,β-unsaturated/α-hetero) is 15. The van der Waals surface area contributed by atoms with Crippen molar-refractivity contribution >= 4 is 122 Å².